The maximum atomic E-state index is 12.3. The van der Waals surface area contributed by atoms with Crippen LogP contribution in [0, 0.1) is 0 Å². The normalized spacial score (nSPS) is 16.6. The first-order chi connectivity index (χ1) is 15.7. The predicted molar refractivity (Wildman–Crippen MR) is 144 cm³/mol. The number of hydrogen-bond donors (Lipinski definition) is 2. The Morgan fingerprint density at radius 2 is 0.882 bits per heavy atom. The van der Waals surface area contributed by atoms with Crippen LogP contribution in [0.2, 0.25) is 0 Å². The molecule has 0 atom stereocenters. The molecule has 2 aromatic rings. The van der Waals surface area contributed by atoms with Crippen molar-refractivity contribution < 1.29 is 9.59 Å². The Hall–Kier alpha value is -2.12. The van der Waals surface area contributed by atoms with Crippen molar-refractivity contribution in [3.63, 3.8) is 0 Å². The SMILES string of the molecule is Cl.Cl.O=C(CN1CCCCC1)Nc1ccc(-c2ccc(NC(=O)CN3CCCCC3)cc2)cc1. The molecule has 2 saturated heterocycles. The number of nitrogens with one attached hydrogen (secondary N) is 2. The number of likely N-dealkylation sites (tertiary alicyclic amines) is 2. The summed E-state index contributed by atoms with van der Waals surface area (Å²) < 4.78 is 0. The first-order valence-corrected chi connectivity index (χ1v) is 11.9. The Morgan fingerprint density at radius 1 is 0.559 bits per heavy atom. The Balaban J connectivity index is 0.00000204. The molecule has 2 aliphatic rings. The minimum absolute atomic E-state index is 0. The predicted octanol–water partition coefficient (Wildman–Crippen LogP) is 5.05. The second-order valence-corrected chi connectivity index (χ2v) is 8.92. The molecule has 0 aliphatic carbocycles. The number of rotatable bonds is 7. The molecule has 4 rings (SSSR count). The lowest BCUT2D eigenvalue weighted by Gasteiger charge is -2.25. The Bertz CT molecular complexity index is 819. The number of hydrogen-bond acceptors (Lipinski definition) is 4. The molecular weight excluding hydrogens is 471 g/mol. The zero-order valence-electron chi connectivity index (χ0n) is 19.6. The molecule has 2 heterocycles. The lowest BCUT2D eigenvalue weighted by Crippen LogP contribution is -2.36. The van der Waals surface area contributed by atoms with E-state index in [4.69, 9.17) is 0 Å². The van der Waals surface area contributed by atoms with Gasteiger partial charge >= 0.3 is 0 Å². The van der Waals surface area contributed by atoms with Crippen molar-refractivity contribution in [1.82, 2.24) is 9.80 Å². The zero-order chi connectivity index (χ0) is 22.2. The van der Waals surface area contributed by atoms with Crippen LogP contribution in [0.4, 0.5) is 11.4 Å². The van der Waals surface area contributed by atoms with Gasteiger partial charge in [-0.15, -0.1) is 24.8 Å². The van der Waals surface area contributed by atoms with Crippen molar-refractivity contribution in [2.24, 2.45) is 0 Å². The number of carbonyl (C=O) groups excluding carboxylic acids is 2. The van der Waals surface area contributed by atoms with Crippen LogP contribution in [0.3, 0.4) is 0 Å². The monoisotopic (exact) mass is 506 g/mol. The average molecular weight is 508 g/mol. The van der Waals surface area contributed by atoms with Gasteiger partial charge in [-0.1, -0.05) is 37.1 Å². The number of carbonyl (C=O) groups is 2. The van der Waals surface area contributed by atoms with Crippen molar-refractivity contribution in [2.45, 2.75) is 38.5 Å². The molecule has 2 aromatic carbocycles. The number of halogens is 2. The van der Waals surface area contributed by atoms with Gasteiger partial charge in [0.05, 0.1) is 13.1 Å². The molecule has 186 valence electrons. The molecule has 0 spiro atoms. The van der Waals surface area contributed by atoms with Gasteiger partial charge in [0.2, 0.25) is 11.8 Å². The van der Waals surface area contributed by atoms with Gasteiger partial charge in [0.15, 0.2) is 0 Å². The summed E-state index contributed by atoms with van der Waals surface area (Å²) in [6.45, 7) is 4.99. The van der Waals surface area contributed by atoms with E-state index in [1.54, 1.807) is 0 Å². The first kappa shape index (κ1) is 28.1. The molecule has 2 N–H and O–H groups in total. The first-order valence-electron chi connectivity index (χ1n) is 11.9. The third kappa shape index (κ3) is 8.58. The van der Waals surface area contributed by atoms with Gasteiger partial charge in [0.25, 0.3) is 0 Å². The van der Waals surface area contributed by atoms with Gasteiger partial charge < -0.3 is 10.6 Å². The van der Waals surface area contributed by atoms with E-state index >= 15 is 0 Å². The second-order valence-electron chi connectivity index (χ2n) is 8.92. The summed E-state index contributed by atoms with van der Waals surface area (Å²) in [6, 6.07) is 15.8. The molecule has 0 radical (unpaired) electrons. The lowest BCUT2D eigenvalue weighted by atomic mass is 10.0. The lowest BCUT2D eigenvalue weighted by molar-refractivity contribution is -0.118. The second kappa shape index (κ2) is 14.3. The van der Waals surface area contributed by atoms with Crippen LogP contribution in [0.15, 0.2) is 48.5 Å². The number of nitrogens with zero attached hydrogens (tertiary/aromatic N) is 2. The van der Waals surface area contributed by atoms with E-state index in [1.807, 2.05) is 48.5 Å². The van der Waals surface area contributed by atoms with Crippen LogP contribution < -0.4 is 10.6 Å². The highest BCUT2D eigenvalue weighted by Crippen LogP contribution is 2.23. The van der Waals surface area contributed by atoms with Gasteiger partial charge in [0.1, 0.15) is 0 Å². The number of piperidine rings is 2. The summed E-state index contributed by atoms with van der Waals surface area (Å²) in [5.41, 5.74) is 3.78. The van der Waals surface area contributed by atoms with E-state index in [2.05, 4.69) is 20.4 Å². The van der Waals surface area contributed by atoms with Crippen LogP contribution >= 0.6 is 24.8 Å². The van der Waals surface area contributed by atoms with Crippen LogP contribution in [0.25, 0.3) is 11.1 Å². The van der Waals surface area contributed by atoms with Gasteiger partial charge in [-0.05, 0) is 87.3 Å². The highest BCUT2D eigenvalue weighted by atomic mass is 35.5. The van der Waals surface area contributed by atoms with E-state index in [9.17, 15) is 9.59 Å². The maximum absolute atomic E-state index is 12.3. The Kier molecular flexibility index (Phi) is 11.8. The molecule has 2 amide bonds. The van der Waals surface area contributed by atoms with Crippen molar-refractivity contribution in [3.05, 3.63) is 48.5 Å². The van der Waals surface area contributed by atoms with Crippen molar-refractivity contribution in [1.29, 1.82) is 0 Å². The van der Waals surface area contributed by atoms with Gasteiger partial charge in [-0.3, -0.25) is 19.4 Å². The summed E-state index contributed by atoms with van der Waals surface area (Å²) in [4.78, 5) is 29.0. The Labute approximate surface area is 215 Å². The van der Waals surface area contributed by atoms with Crippen LogP contribution in [-0.4, -0.2) is 60.9 Å². The van der Waals surface area contributed by atoms with E-state index in [0.29, 0.717) is 13.1 Å². The molecule has 0 unspecified atom stereocenters. The van der Waals surface area contributed by atoms with Crippen molar-refractivity contribution in [3.8, 4) is 11.1 Å². The van der Waals surface area contributed by atoms with Crippen molar-refractivity contribution in [2.75, 3.05) is 49.9 Å². The molecular formula is C26H36Cl2N4O2. The third-order valence-electron chi connectivity index (χ3n) is 6.30. The van der Waals surface area contributed by atoms with Gasteiger partial charge in [-0.25, -0.2) is 0 Å². The molecule has 0 bridgehead atoms. The van der Waals surface area contributed by atoms with E-state index in [0.717, 1.165) is 48.7 Å². The fourth-order valence-electron chi connectivity index (χ4n) is 4.53. The molecule has 34 heavy (non-hydrogen) atoms. The molecule has 6 nitrogen and oxygen atoms in total. The molecule has 2 fully saturated rings. The van der Waals surface area contributed by atoms with E-state index in [1.165, 1.54) is 38.5 Å². The minimum atomic E-state index is 0. The van der Waals surface area contributed by atoms with E-state index in [-0.39, 0.29) is 36.6 Å². The molecule has 0 saturated carbocycles. The van der Waals surface area contributed by atoms with Gasteiger partial charge in [0, 0.05) is 11.4 Å². The Morgan fingerprint density at radius 3 is 1.21 bits per heavy atom. The van der Waals surface area contributed by atoms with Crippen LogP contribution in [0.5, 0.6) is 0 Å². The van der Waals surface area contributed by atoms with Crippen LogP contribution in [0.1, 0.15) is 38.5 Å². The molecule has 8 heteroatoms. The quantitative estimate of drug-likeness (QED) is 0.551. The highest BCUT2D eigenvalue weighted by Gasteiger charge is 2.15. The average Bonchev–Trinajstić information content (AvgIpc) is 2.81. The van der Waals surface area contributed by atoms with E-state index < -0.39 is 0 Å². The number of anilines is 2. The summed E-state index contributed by atoms with van der Waals surface area (Å²) in [5, 5.41) is 6.00. The summed E-state index contributed by atoms with van der Waals surface area (Å²) in [5.74, 6) is 0.0913. The number of benzene rings is 2. The van der Waals surface area contributed by atoms with Gasteiger partial charge in [-0.2, -0.15) is 0 Å². The molecule has 0 aromatic heterocycles. The fraction of sp³-hybridized carbons (Fsp3) is 0.462. The fourth-order valence-corrected chi connectivity index (χ4v) is 4.53. The highest BCUT2D eigenvalue weighted by molar-refractivity contribution is 5.93. The topological polar surface area (TPSA) is 64.7 Å². The summed E-state index contributed by atoms with van der Waals surface area (Å²) >= 11 is 0. The smallest absolute Gasteiger partial charge is 0.238 e. The van der Waals surface area contributed by atoms with Crippen LogP contribution in [-0.2, 0) is 9.59 Å². The molecule has 2 aliphatic heterocycles. The van der Waals surface area contributed by atoms with Crippen molar-refractivity contribution >= 4 is 48.0 Å². The minimum Gasteiger partial charge on any atom is -0.325 e. The largest absolute Gasteiger partial charge is 0.325 e. The summed E-state index contributed by atoms with van der Waals surface area (Å²) in [7, 11) is 0. The third-order valence-corrected chi connectivity index (χ3v) is 6.30. The number of amides is 2. The summed E-state index contributed by atoms with van der Waals surface area (Å²) in [6.07, 6.45) is 7.27. The zero-order valence-corrected chi connectivity index (χ0v) is 21.3. The maximum Gasteiger partial charge on any atom is 0.238 e. The standard InChI is InChI=1S/C26H34N4O2.2ClH/c31-25(19-29-15-3-1-4-16-29)27-23-11-7-21(8-12-23)22-9-13-24(14-10-22)28-26(32)20-30-17-5-2-6-18-30;;/h7-14H,1-6,15-20H2,(H,27,31)(H,28,32);2*1H.